The molecule has 76 heavy (non-hydrogen) atoms. The number of nitrogens with one attached hydrogen (secondary N) is 6. The van der Waals surface area contributed by atoms with E-state index in [-0.39, 0.29) is 73.6 Å². The number of phenolic OH excluding ortho intramolecular Hbond substituents is 2. The molecule has 1 aliphatic rings. The van der Waals surface area contributed by atoms with Crippen LogP contribution in [0.2, 0.25) is 5.02 Å². The number of carbonyl (C=O) groups excluding carboxylic acids is 9. The Morgan fingerprint density at radius 3 is 1.89 bits per heavy atom. The second-order valence-electron chi connectivity index (χ2n) is 18.0. The third-order valence-corrected chi connectivity index (χ3v) is 14.9. The number of phenols is 2. The number of likely N-dealkylation sites (N-methyl/N-ethyl adjacent to an activating group) is 1. The third-order valence-electron chi connectivity index (χ3n) is 12.2. The number of rotatable bonds is 18. The van der Waals surface area contributed by atoms with Crippen LogP contribution >= 0.6 is 33.2 Å². The Balaban J connectivity index is 1.53. The first-order valence-corrected chi connectivity index (χ1v) is 27.1. The normalized spacial score (nSPS) is 19.7. The van der Waals surface area contributed by atoms with Crippen LogP contribution in [0.4, 0.5) is 0 Å². The number of nitrogens with zero attached hydrogens (tertiary/aromatic N) is 1. The van der Waals surface area contributed by atoms with E-state index in [1.807, 2.05) is 0 Å². The number of hydrogen-bond acceptors (Lipinski definition) is 14. The molecule has 0 spiro atoms. The van der Waals surface area contributed by atoms with E-state index in [0.717, 1.165) is 32.1 Å². The summed E-state index contributed by atoms with van der Waals surface area (Å²) in [6, 6.07) is 16.6. The van der Waals surface area contributed by atoms with Crippen molar-refractivity contribution in [2.75, 3.05) is 31.6 Å². The van der Waals surface area contributed by atoms with Crippen LogP contribution in [0.1, 0.15) is 58.3 Å². The summed E-state index contributed by atoms with van der Waals surface area (Å²) in [7, 11) is 3.43. The van der Waals surface area contributed by atoms with Crippen molar-refractivity contribution in [3.05, 3.63) is 130 Å². The molecule has 0 radical (unpaired) electrons. The topological polar surface area (TPSA) is 348 Å². The largest absolute Gasteiger partial charge is 0.508 e. The average Bonchev–Trinajstić information content (AvgIpc) is 3.39. The van der Waals surface area contributed by atoms with Gasteiger partial charge in [0, 0.05) is 54.8 Å². The fourth-order valence-corrected chi connectivity index (χ4v) is 10.4. The van der Waals surface area contributed by atoms with Crippen molar-refractivity contribution in [3.63, 3.8) is 0 Å². The van der Waals surface area contributed by atoms with E-state index < -0.39 is 96.0 Å². The van der Waals surface area contributed by atoms with E-state index in [9.17, 15) is 53.4 Å². The zero-order valence-electron chi connectivity index (χ0n) is 41.6. The maximum Gasteiger partial charge on any atom is 0.248 e. The Morgan fingerprint density at radius 1 is 0.724 bits per heavy atom. The molecule has 1 fully saturated rings. The molecular formula is C52H63ClN10O11S2. The highest BCUT2D eigenvalue weighted by atomic mass is 35.5. The van der Waals surface area contributed by atoms with Crippen LogP contribution in [-0.2, 0) is 64.0 Å². The monoisotopic (exact) mass is 1100 g/mol. The summed E-state index contributed by atoms with van der Waals surface area (Å²) in [4.78, 5) is 125. The van der Waals surface area contributed by atoms with Crippen LogP contribution in [0, 0.1) is 0 Å². The van der Waals surface area contributed by atoms with Crippen molar-refractivity contribution < 1.29 is 53.4 Å². The molecular weight excluding hydrogens is 1040 g/mol. The molecule has 24 heteroatoms. The fourth-order valence-electron chi connectivity index (χ4n) is 7.91. The molecule has 0 bridgehead atoms. The molecule has 4 aromatic rings. The van der Waals surface area contributed by atoms with Crippen LogP contribution in [0.3, 0.4) is 0 Å². The minimum atomic E-state index is -1.42. The van der Waals surface area contributed by atoms with Gasteiger partial charge in [-0.3, -0.25) is 43.2 Å². The number of aryl methyl sites for hydroxylation is 1. The Kier molecular flexibility index (Phi) is 23.2. The highest BCUT2D eigenvalue weighted by Gasteiger charge is 2.36. The van der Waals surface area contributed by atoms with Gasteiger partial charge in [0.05, 0.1) is 6.54 Å². The first kappa shape index (κ1) is 59.5. The van der Waals surface area contributed by atoms with Gasteiger partial charge in [-0.15, -0.1) is 0 Å². The van der Waals surface area contributed by atoms with Crippen LogP contribution in [0.5, 0.6) is 11.5 Å². The van der Waals surface area contributed by atoms with Crippen LogP contribution in [0.25, 0.3) is 0 Å². The summed E-state index contributed by atoms with van der Waals surface area (Å²) in [5.41, 5.74) is 19.5. The van der Waals surface area contributed by atoms with Gasteiger partial charge in [-0.1, -0.05) is 81.7 Å². The van der Waals surface area contributed by atoms with Gasteiger partial charge >= 0.3 is 0 Å². The standard InChI is InChI=1S/C52H63ClN10O11S2/c1-63-43(4-2-3-23-54)51(73)57-27-45(67)59-42(49(71)60-38(47(56)69)24-32-9-18-36(64)19-10-32)29-76-75-28-41(58-44(66)22-13-30-7-16-35(53)17-8-30)50(72)61-39(25-33-11-20-37(65)21-12-33)48(70)62-40(52(63)74)26-31-5-14-34(15-6-31)46(55)68/h5-12,14-21,38-43,64-65H,2-4,13,22-29,54H2,1H3,(H2,55,68)(H2,56,69)(H,57,73)(H,58,66)(H,59,67)(H,60,71)(H,61,72)(H,62,70)/t38-,39+,40-,41-,42+,43+/m1/s1. The molecule has 1 heterocycles. The van der Waals surface area contributed by atoms with Crippen molar-refractivity contribution in [2.45, 2.75) is 87.6 Å². The zero-order valence-corrected chi connectivity index (χ0v) is 44.0. The molecule has 4 aromatic carbocycles. The van der Waals surface area contributed by atoms with Crippen molar-refractivity contribution in [1.29, 1.82) is 0 Å². The Morgan fingerprint density at radius 2 is 1.29 bits per heavy atom. The number of unbranched alkanes of at least 4 members (excludes halogenated alkanes) is 1. The Labute approximate surface area is 452 Å². The maximum atomic E-state index is 14.8. The number of benzene rings is 4. The zero-order chi connectivity index (χ0) is 55.3. The van der Waals surface area contributed by atoms with Gasteiger partial charge in [0.2, 0.25) is 53.2 Å². The second-order valence-corrected chi connectivity index (χ2v) is 21.0. The van der Waals surface area contributed by atoms with Crippen molar-refractivity contribution in [1.82, 2.24) is 36.8 Å². The smallest absolute Gasteiger partial charge is 0.248 e. The number of nitrogens with two attached hydrogens (primary N) is 3. The minimum absolute atomic E-state index is 0.0255. The summed E-state index contributed by atoms with van der Waals surface area (Å²) in [5.74, 6) is -7.33. The summed E-state index contributed by atoms with van der Waals surface area (Å²) in [5, 5.41) is 36.4. The number of primary amides is 2. The lowest BCUT2D eigenvalue weighted by atomic mass is 9.99. The van der Waals surface area contributed by atoms with Gasteiger partial charge in [-0.25, -0.2) is 0 Å². The van der Waals surface area contributed by atoms with Crippen molar-refractivity contribution >= 4 is 86.4 Å². The van der Waals surface area contributed by atoms with Gasteiger partial charge in [0.1, 0.15) is 47.8 Å². The van der Waals surface area contributed by atoms with Gasteiger partial charge in [0.25, 0.3) is 0 Å². The lowest BCUT2D eigenvalue weighted by molar-refractivity contribution is -0.142. The first-order chi connectivity index (χ1) is 36.3. The molecule has 1 aliphatic heterocycles. The highest BCUT2D eigenvalue weighted by Crippen LogP contribution is 2.24. The van der Waals surface area contributed by atoms with Crippen LogP contribution in [0.15, 0.2) is 97.1 Å². The van der Waals surface area contributed by atoms with Crippen LogP contribution < -0.4 is 49.1 Å². The fraction of sp³-hybridized carbons (Fsp3) is 0.365. The van der Waals surface area contributed by atoms with E-state index >= 15 is 0 Å². The predicted molar refractivity (Wildman–Crippen MR) is 288 cm³/mol. The molecule has 14 N–H and O–H groups in total. The molecule has 9 amide bonds. The van der Waals surface area contributed by atoms with E-state index in [0.29, 0.717) is 34.6 Å². The molecule has 0 aliphatic carbocycles. The number of halogens is 1. The van der Waals surface area contributed by atoms with Gasteiger partial charge in [0.15, 0.2) is 0 Å². The lowest BCUT2D eigenvalue weighted by Gasteiger charge is -2.32. The average molecular weight is 1100 g/mol. The summed E-state index contributed by atoms with van der Waals surface area (Å²) < 4.78 is 0. The molecule has 0 saturated carbocycles. The molecule has 1 saturated heterocycles. The number of hydrogen-bond donors (Lipinski definition) is 11. The molecule has 5 rings (SSSR count). The van der Waals surface area contributed by atoms with Gasteiger partial charge in [-0.2, -0.15) is 0 Å². The number of aromatic hydroxyl groups is 2. The predicted octanol–water partition coefficient (Wildman–Crippen LogP) is 0.887. The number of carbonyl (C=O) groups is 9. The number of amides is 9. The minimum Gasteiger partial charge on any atom is -0.508 e. The maximum absolute atomic E-state index is 14.8. The van der Waals surface area contributed by atoms with Gasteiger partial charge in [-0.05, 0) is 103 Å². The van der Waals surface area contributed by atoms with E-state index in [1.165, 1.54) is 43.4 Å². The van der Waals surface area contributed by atoms with Gasteiger partial charge < -0.3 is 64.2 Å². The van der Waals surface area contributed by atoms with E-state index in [2.05, 4.69) is 31.9 Å². The summed E-state index contributed by atoms with van der Waals surface area (Å²) in [6.07, 6.45) is 0.718. The van der Waals surface area contributed by atoms with E-state index in [4.69, 9.17) is 28.8 Å². The summed E-state index contributed by atoms with van der Waals surface area (Å²) >= 11 is 6.06. The first-order valence-electron chi connectivity index (χ1n) is 24.3. The summed E-state index contributed by atoms with van der Waals surface area (Å²) in [6.45, 7) is -0.403. The second kappa shape index (κ2) is 29.7. The molecule has 21 nitrogen and oxygen atoms in total. The third kappa shape index (κ3) is 19.1. The van der Waals surface area contributed by atoms with Crippen molar-refractivity contribution in [3.8, 4) is 11.5 Å². The molecule has 6 atom stereocenters. The van der Waals surface area contributed by atoms with Crippen LogP contribution in [-0.4, -0.2) is 136 Å². The quantitative estimate of drug-likeness (QED) is 0.0487. The molecule has 0 unspecified atom stereocenters. The molecule has 0 aromatic heterocycles. The highest BCUT2D eigenvalue weighted by molar-refractivity contribution is 8.76. The Bertz CT molecular complexity index is 2670. The van der Waals surface area contributed by atoms with Crippen molar-refractivity contribution in [2.24, 2.45) is 17.2 Å². The molecule has 406 valence electrons. The van der Waals surface area contributed by atoms with E-state index in [1.54, 1.807) is 60.7 Å². The Hall–Kier alpha value is -7.34. The SMILES string of the molecule is CN1C(=O)[C@@H](Cc2ccc(C(N)=O)cc2)NC(=O)[C@H](Cc2ccc(O)cc2)NC(=O)[C@H](NC(=O)CCc2ccc(Cl)cc2)CSSC[C@@H](C(=O)N[C@H](Cc2ccc(O)cc2)C(N)=O)NC(=O)CNC(=O)[C@@H]1CCCCN. The lowest BCUT2D eigenvalue weighted by Crippen LogP contribution is -2.60.